The third kappa shape index (κ3) is 3.86. The van der Waals surface area contributed by atoms with E-state index in [0.717, 1.165) is 44.3 Å². The predicted octanol–water partition coefficient (Wildman–Crippen LogP) is 6.37. The lowest BCUT2D eigenvalue weighted by atomic mass is 10.0. The van der Waals surface area contributed by atoms with Crippen molar-refractivity contribution >= 4 is 46.4 Å². The van der Waals surface area contributed by atoms with Gasteiger partial charge >= 0.3 is 0 Å². The van der Waals surface area contributed by atoms with Crippen molar-refractivity contribution < 1.29 is 9.53 Å². The second-order valence-corrected chi connectivity index (χ2v) is 9.16. The van der Waals surface area contributed by atoms with E-state index in [1.807, 2.05) is 12.1 Å². The molecule has 0 bridgehead atoms. The second-order valence-electron chi connectivity index (χ2n) is 7.91. The normalized spacial score (nSPS) is 16.0. The monoisotopic (exact) mass is 490 g/mol. The number of ether oxygens (including phenoxy) is 1. The summed E-state index contributed by atoms with van der Waals surface area (Å²) in [6.07, 6.45) is 4.28. The number of carbonyl (C=O) groups is 1. The summed E-state index contributed by atoms with van der Waals surface area (Å²) in [6.45, 7) is 1.72. The van der Waals surface area contributed by atoms with Crippen LogP contribution in [-0.4, -0.2) is 34.2 Å². The number of fused-ring (bicyclic) bond motifs is 3. The summed E-state index contributed by atoms with van der Waals surface area (Å²) in [5.41, 5.74) is 3.11. The van der Waals surface area contributed by atoms with Crippen LogP contribution in [0.5, 0.6) is 5.75 Å². The van der Waals surface area contributed by atoms with Crippen molar-refractivity contribution in [3.63, 3.8) is 0 Å². The van der Waals surface area contributed by atoms with Crippen LogP contribution in [0.25, 0.3) is 11.3 Å². The molecule has 2 aromatic carbocycles. The van der Waals surface area contributed by atoms with Crippen LogP contribution in [-0.2, 0) is 6.61 Å². The van der Waals surface area contributed by atoms with Crippen LogP contribution in [0.4, 0.5) is 5.69 Å². The summed E-state index contributed by atoms with van der Waals surface area (Å²) in [4.78, 5) is 13.9. The minimum Gasteiger partial charge on any atom is -0.486 e. The maximum Gasteiger partial charge on any atom is 0.291 e. The van der Waals surface area contributed by atoms with E-state index in [0.29, 0.717) is 43.5 Å². The first-order valence-corrected chi connectivity index (χ1v) is 11.7. The fraction of sp³-hybridized carbons (Fsp3) is 0.304. The molecule has 1 aromatic heterocycles. The number of amides is 1. The van der Waals surface area contributed by atoms with Gasteiger partial charge in [0.05, 0.1) is 15.7 Å². The van der Waals surface area contributed by atoms with Gasteiger partial charge in [0.2, 0.25) is 0 Å². The van der Waals surface area contributed by atoms with Crippen molar-refractivity contribution in [2.45, 2.75) is 32.3 Å². The molecule has 3 heterocycles. The molecule has 6 nitrogen and oxygen atoms in total. The Morgan fingerprint density at radius 1 is 1.03 bits per heavy atom. The number of H-pyrrole nitrogens is 1. The molecule has 0 radical (unpaired) electrons. The fourth-order valence-electron chi connectivity index (χ4n) is 4.29. The molecule has 1 fully saturated rings. The number of hydrogen-bond acceptors (Lipinski definition) is 4. The summed E-state index contributed by atoms with van der Waals surface area (Å²) < 4.78 is 5.90. The molecule has 1 N–H and O–H groups in total. The van der Waals surface area contributed by atoms with Gasteiger partial charge in [-0.1, -0.05) is 53.7 Å². The number of aromatic amines is 1. The van der Waals surface area contributed by atoms with Crippen LogP contribution in [0.3, 0.4) is 0 Å². The number of rotatable bonds is 3. The molecule has 1 saturated heterocycles. The van der Waals surface area contributed by atoms with E-state index in [1.165, 1.54) is 0 Å². The lowest BCUT2D eigenvalue weighted by molar-refractivity contribution is 0.0889. The molecule has 1 amide bonds. The summed E-state index contributed by atoms with van der Waals surface area (Å²) in [7, 11) is 0. The Balaban J connectivity index is 1.58. The number of aromatic nitrogens is 2. The number of nitrogens with one attached hydrogen (secondary N) is 1. The minimum absolute atomic E-state index is 0.200. The maximum absolute atomic E-state index is 13.9. The molecule has 0 unspecified atom stereocenters. The van der Waals surface area contributed by atoms with Crippen molar-refractivity contribution in [3.05, 3.63) is 62.7 Å². The largest absolute Gasteiger partial charge is 0.486 e. The fourth-order valence-corrected chi connectivity index (χ4v) is 5.01. The first-order valence-electron chi connectivity index (χ1n) is 10.6. The van der Waals surface area contributed by atoms with Gasteiger partial charge in [0.15, 0.2) is 0 Å². The van der Waals surface area contributed by atoms with Crippen molar-refractivity contribution in [1.29, 1.82) is 0 Å². The van der Waals surface area contributed by atoms with Crippen LogP contribution < -0.4 is 9.75 Å². The molecule has 0 aliphatic carbocycles. The SMILES string of the molecule is O=C(c1[nH]nc2c1COc1c(Cl)cccc1-2)N(c1ccc(Cl)cc1Cl)N1CCCCCC1. The van der Waals surface area contributed by atoms with E-state index in [-0.39, 0.29) is 12.5 Å². The quantitative estimate of drug-likeness (QED) is 0.462. The van der Waals surface area contributed by atoms with Crippen molar-refractivity contribution in [2.24, 2.45) is 0 Å². The Morgan fingerprint density at radius 3 is 2.56 bits per heavy atom. The zero-order valence-electron chi connectivity index (χ0n) is 17.2. The number of carbonyl (C=O) groups excluding carboxylic acids is 1. The lowest BCUT2D eigenvalue weighted by Gasteiger charge is -2.34. The highest BCUT2D eigenvalue weighted by molar-refractivity contribution is 6.37. The van der Waals surface area contributed by atoms with Crippen LogP contribution >= 0.6 is 34.8 Å². The Hall–Kier alpha value is -2.25. The van der Waals surface area contributed by atoms with E-state index in [1.54, 1.807) is 29.3 Å². The van der Waals surface area contributed by atoms with Gasteiger partial charge in [0.25, 0.3) is 5.91 Å². The Morgan fingerprint density at radius 2 is 1.81 bits per heavy atom. The highest BCUT2D eigenvalue weighted by atomic mass is 35.5. The molecule has 0 atom stereocenters. The molecule has 2 aliphatic rings. The first-order chi connectivity index (χ1) is 15.5. The van der Waals surface area contributed by atoms with E-state index < -0.39 is 0 Å². The van der Waals surface area contributed by atoms with Gasteiger partial charge < -0.3 is 4.74 Å². The number of halogens is 3. The molecule has 3 aromatic rings. The first kappa shape index (κ1) is 21.6. The van der Waals surface area contributed by atoms with Gasteiger partial charge in [-0.15, -0.1) is 0 Å². The Labute approximate surface area is 201 Å². The minimum atomic E-state index is -0.237. The Bertz CT molecular complexity index is 1170. The number of para-hydroxylation sites is 1. The van der Waals surface area contributed by atoms with Gasteiger partial charge in [-0.3, -0.25) is 9.89 Å². The van der Waals surface area contributed by atoms with Gasteiger partial charge in [0.1, 0.15) is 23.7 Å². The maximum atomic E-state index is 13.9. The number of anilines is 1. The highest BCUT2D eigenvalue weighted by Gasteiger charge is 2.33. The van der Waals surface area contributed by atoms with E-state index in [9.17, 15) is 4.79 Å². The van der Waals surface area contributed by atoms with Crippen molar-refractivity contribution in [1.82, 2.24) is 15.2 Å². The Kier molecular flexibility index (Phi) is 6.03. The van der Waals surface area contributed by atoms with Crippen LogP contribution in [0.1, 0.15) is 41.7 Å². The zero-order valence-corrected chi connectivity index (χ0v) is 19.5. The second kappa shape index (κ2) is 8.94. The average molecular weight is 492 g/mol. The smallest absolute Gasteiger partial charge is 0.291 e. The molecule has 32 heavy (non-hydrogen) atoms. The molecule has 5 rings (SSSR count). The van der Waals surface area contributed by atoms with Crippen molar-refractivity contribution in [2.75, 3.05) is 18.1 Å². The van der Waals surface area contributed by atoms with Gasteiger partial charge in [0, 0.05) is 29.2 Å². The molecule has 0 spiro atoms. The molecular weight excluding hydrogens is 471 g/mol. The number of hydrazine groups is 1. The van der Waals surface area contributed by atoms with Crippen LogP contribution in [0, 0.1) is 0 Å². The predicted molar refractivity (Wildman–Crippen MR) is 127 cm³/mol. The summed E-state index contributed by atoms with van der Waals surface area (Å²) in [5, 5.41) is 12.6. The van der Waals surface area contributed by atoms with Gasteiger partial charge in [-0.05, 0) is 43.2 Å². The van der Waals surface area contributed by atoms with Crippen molar-refractivity contribution in [3.8, 4) is 17.0 Å². The highest BCUT2D eigenvalue weighted by Crippen LogP contribution is 2.42. The topological polar surface area (TPSA) is 61.5 Å². The molecule has 9 heteroatoms. The summed E-state index contributed by atoms with van der Waals surface area (Å²) >= 11 is 19.0. The lowest BCUT2D eigenvalue weighted by Crippen LogP contribution is -2.48. The van der Waals surface area contributed by atoms with E-state index >= 15 is 0 Å². The van der Waals surface area contributed by atoms with Gasteiger partial charge in [-0.25, -0.2) is 10.0 Å². The summed E-state index contributed by atoms with van der Waals surface area (Å²) in [6, 6.07) is 10.7. The molecule has 166 valence electrons. The summed E-state index contributed by atoms with van der Waals surface area (Å²) in [5.74, 6) is 0.344. The van der Waals surface area contributed by atoms with E-state index in [4.69, 9.17) is 39.5 Å². The van der Waals surface area contributed by atoms with Gasteiger partial charge in [-0.2, -0.15) is 5.10 Å². The number of hydrogen-bond donors (Lipinski definition) is 1. The average Bonchev–Trinajstić information content (AvgIpc) is 3.04. The van der Waals surface area contributed by atoms with E-state index in [2.05, 4.69) is 15.2 Å². The molecule has 0 saturated carbocycles. The molecular formula is C23H21Cl3N4O2. The number of benzene rings is 2. The standard InChI is InChI=1S/C23H21Cl3N4O2/c24-14-8-9-19(18(26)12-14)30(29-10-3-1-2-4-11-29)23(31)21-16-13-32-22-15(20(16)27-28-21)6-5-7-17(22)25/h5-9,12H,1-4,10-11,13H2,(H,27,28). The molecule has 2 aliphatic heterocycles. The third-order valence-corrected chi connectivity index (χ3v) is 6.69. The van der Waals surface area contributed by atoms with Crippen LogP contribution in [0.15, 0.2) is 36.4 Å². The zero-order chi connectivity index (χ0) is 22.2. The number of nitrogens with zero attached hydrogens (tertiary/aromatic N) is 3. The van der Waals surface area contributed by atoms with Crippen LogP contribution in [0.2, 0.25) is 15.1 Å². The third-order valence-electron chi connectivity index (χ3n) is 5.86.